The summed E-state index contributed by atoms with van der Waals surface area (Å²) in [6, 6.07) is 9.27. The van der Waals surface area contributed by atoms with Gasteiger partial charge in [0.15, 0.2) is 0 Å². The van der Waals surface area contributed by atoms with Gasteiger partial charge in [0.1, 0.15) is 11.9 Å². The van der Waals surface area contributed by atoms with Gasteiger partial charge in [0.05, 0.1) is 16.1 Å². The fraction of sp³-hybridized carbons (Fsp3) is 0.368. The zero-order valence-electron chi connectivity index (χ0n) is 15.5. The van der Waals surface area contributed by atoms with E-state index in [1.165, 1.54) is 12.1 Å². The molecule has 1 saturated heterocycles. The quantitative estimate of drug-likeness (QED) is 0.806. The molecule has 5 nitrogen and oxygen atoms in total. The Labute approximate surface area is 162 Å². The number of hydrogen-bond donors (Lipinski definition) is 1. The molecule has 1 aliphatic heterocycles. The van der Waals surface area contributed by atoms with Gasteiger partial charge in [0.25, 0.3) is 10.0 Å². The van der Waals surface area contributed by atoms with Crippen molar-refractivity contribution in [3.63, 3.8) is 0 Å². The number of anilines is 1. The van der Waals surface area contributed by atoms with Crippen LogP contribution in [0.5, 0.6) is 5.75 Å². The van der Waals surface area contributed by atoms with Crippen LogP contribution in [0.1, 0.15) is 17.5 Å². The minimum Gasteiger partial charge on any atom is -0.488 e. The Hall–Kier alpha value is -2.26. The molecule has 28 heavy (non-hydrogen) atoms. The monoisotopic (exact) mass is 414 g/mol. The number of likely N-dealkylation sites (tertiary alicyclic amines) is 1. The highest BCUT2D eigenvalue weighted by atomic mass is 32.2. The summed E-state index contributed by atoms with van der Waals surface area (Å²) in [7, 11) is -2.07. The molecule has 0 unspecified atom stereocenters. The van der Waals surface area contributed by atoms with E-state index in [9.17, 15) is 21.6 Å². The molecule has 2 aromatic carbocycles. The number of alkyl halides is 3. The SMILES string of the molecule is Cc1cccc(S(=O)(=O)Nc2ccc(C(F)(F)F)c(O[C@@H]3CCN(C)C3)c2)c1. The molecule has 1 fully saturated rings. The van der Waals surface area contributed by atoms with Crippen molar-refractivity contribution in [2.45, 2.75) is 30.5 Å². The topological polar surface area (TPSA) is 58.6 Å². The number of sulfonamides is 1. The van der Waals surface area contributed by atoms with Crippen molar-refractivity contribution in [1.82, 2.24) is 4.90 Å². The Bertz CT molecular complexity index is 961. The maximum absolute atomic E-state index is 13.3. The summed E-state index contributed by atoms with van der Waals surface area (Å²) < 4.78 is 73.1. The second-order valence-electron chi connectivity index (χ2n) is 6.92. The molecule has 0 bridgehead atoms. The smallest absolute Gasteiger partial charge is 0.419 e. The van der Waals surface area contributed by atoms with E-state index in [0.29, 0.717) is 13.0 Å². The molecular weight excluding hydrogens is 393 g/mol. The van der Waals surface area contributed by atoms with Crippen molar-refractivity contribution in [3.05, 3.63) is 53.6 Å². The lowest BCUT2D eigenvalue weighted by Crippen LogP contribution is -2.23. The summed E-state index contributed by atoms with van der Waals surface area (Å²) in [4.78, 5) is 2.00. The van der Waals surface area contributed by atoms with E-state index in [2.05, 4.69) is 4.72 Å². The average Bonchev–Trinajstić information content (AvgIpc) is 2.98. The van der Waals surface area contributed by atoms with E-state index in [-0.39, 0.29) is 22.4 Å². The fourth-order valence-corrected chi connectivity index (χ4v) is 4.24. The third-order valence-corrected chi connectivity index (χ3v) is 5.86. The van der Waals surface area contributed by atoms with Crippen LogP contribution in [0.3, 0.4) is 0 Å². The van der Waals surface area contributed by atoms with Crippen LogP contribution in [-0.4, -0.2) is 39.6 Å². The number of halogens is 3. The predicted molar refractivity (Wildman–Crippen MR) is 100.0 cm³/mol. The molecule has 0 saturated carbocycles. The van der Waals surface area contributed by atoms with E-state index in [0.717, 1.165) is 30.3 Å². The molecule has 2 aromatic rings. The summed E-state index contributed by atoms with van der Waals surface area (Å²) in [5.74, 6) is -0.378. The van der Waals surface area contributed by atoms with Crippen LogP contribution in [0.15, 0.2) is 47.4 Å². The molecule has 0 aliphatic carbocycles. The predicted octanol–water partition coefficient (Wildman–Crippen LogP) is 3.90. The first-order valence-electron chi connectivity index (χ1n) is 8.70. The minimum absolute atomic E-state index is 0.0101. The lowest BCUT2D eigenvalue weighted by atomic mass is 10.1. The number of nitrogens with one attached hydrogen (secondary N) is 1. The first-order valence-corrected chi connectivity index (χ1v) is 10.2. The third-order valence-electron chi connectivity index (χ3n) is 4.48. The summed E-state index contributed by atoms with van der Waals surface area (Å²) in [5.41, 5.74) is -0.166. The molecule has 3 rings (SSSR count). The number of nitrogens with zero attached hydrogens (tertiary/aromatic N) is 1. The highest BCUT2D eigenvalue weighted by molar-refractivity contribution is 7.92. The number of ether oxygens (including phenoxy) is 1. The van der Waals surface area contributed by atoms with Crippen LogP contribution in [-0.2, 0) is 16.2 Å². The first kappa shape index (κ1) is 20.5. The van der Waals surface area contributed by atoms with Crippen molar-refractivity contribution >= 4 is 15.7 Å². The molecule has 152 valence electrons. The lowest BCUT2D eigenvalue weighted by molar-refractivity contribution is -0.139. The first-order chi connectivity index (χ1) is 13.0. The van der Waals surface area contributed by atoms with Crippen LogP contribution in [0.25, 0.3) is 0 Å². The van der Waals surface area contributed by atoms with Crippen molar-refractivity contribution in [2.75, 3.05) is 24.9 Å². The molecule has 0 radical (unpaired) electrons. The largest absolute Gasteiger partial charge is 0.488 e. The van der Waals surface area contributed by atoms with Gasteiger partial charge < -0.3 is 9.64 Å². The van der Waals surface area contributed by atoms with Crippen LogP contribution in [0.4, 0.5) is 18.9 Å². The van der Waals surface area contributed by atoms with Gasteiger partial charge in [-0.25, -0.2) is 8.42 Å². The second-order valence-corrected chi connectivity index (χ2v) is 8.60. The molecular formula is C19H21F3N2O3S. The zero-order valence-corrected chi connectivity index (χ0v) is 16.3. The van der Waals surface area contributed by atoms with Crippen molar-refractivity contribution in [2.24, 2.45) is 0 Å². The van der Waals surface area contributed by atoms with Crippen molar-refractivity contribution < 1.29 is 26.3 Å². The third kappa shape index (κ3) is 4.77. The van der Waals surface area contributed by atoms with Gasteiger partial charge in [0, 0.05) is 19.2 Å². The minimum atomic E-state index is -4.60. The number of aryl methyl sites for hydroxylation is 1. The van der Waals surface area contributed by atoms with E-state index < -0.39 is 21.8 Å². The van der Waals surface area contributed by atoms with Gasteiger partial charge in [-0.2, -0.15) is 13.2 Å². The van der Waals surface area contributed by atoms with Crippen LogP contribution in [0.2, 0.25) is 0 Å². The molecule has 0 spiro atoms. The van der Waals surface area contributed by atoms with E-state index in [1.54, 1.807) is 19.1 Å². The lowest BCUT2D eigenvalue weighted by Gasteiger charge is -2.19. The normalized spacial score (nSPS) is 18.2. The summed E-state index contributed by atoms with van der Waals surface area (Å²) >= 11 is 0. The van der Waals surface area contributed by atoms with Gasteiger partial charge in [-0.15, -0.1) is 0 Å². The van der Waals surface area contributed by atoms with E-state index in [1.807, 2.05) is 11.9 Å². The zero-order chi connectivity index (χ0) is 20.5. The molecule has 9 heteroatoms. The van der Waals surface area contributed by atoms with E-state index >= 15 is 0 Å². The Balaban J connectivity index is 1.90. The van der Waals surface area contributed by atoms with Gasteiger partial charge in [-0.1, -0.05) is 12.1 Å². The summed E-state index contributed by atoms with van der Waals surface area (Å²) in [5, 5.41) is 0. The maximum atomic E-state index is 13.3. The Morgan fingerprint density at radius 2 is 1.93 bits per heavy atom. The van der Waals surface area contributed by atoms with Crippen LogP contribution in [0, 0.1) is 6.92 Å². The summed E-state index contributed by atoms with van der Waals surface area (Å²) in [6.07, 6.45) is -4.38. The van der Waals surface area contributed by atoms with Crippen LogP contribution < -0.4 is 9.46 Å². The Morgan fingerprint density at radius 1 is 1.18 bits per heavy atom. The number of likely N-dealkylation sites (N-methyl/N-ethyl adjacent to an activating group) is 1. The maximum Gasteiger partial charge on any atom is 0.419 e. The fourth-order valence-electron chi connectivity index (χ4n) is 3.08. The van der Waals surface area contributed by atoms with Gasteiger partial charge in [0.2, 0.25) is 0 Å². The van der Waals surface area contributed by atoms with Gasteiger partial charge in [-0.3, -0.25) is 4.72 Å². The molecule has 1 atom stereocenters. The summed E-state index contributed by atoms with van der Waals surface area (Å²) in [6.45, 7) is 2.99. The standard InChI is InChI=1S/C19H21F3N2O3S/c1-13-4-3-5-16(10-13)28(25,26)23-14-6-7-17(19(20,21)22)18(11-14)27-15-8-9-24(2)12-15/h3-7,10-11,15,23H,8-9,12H2,1-2H3/t15-/m1/s1. The highest BCUT2D eigenvalue weighted by Crippen LogP contribution is 2.39. The van der Waals surface area contributed by atoms with E-state index in [4.69, 9.17) is 4.74 Å². The molecule has 0 amide bonds. The molecule has 1 aliphatic rings. The Morgan fingerprint density at radius 3 is 2.54 bits per heavy atom. The Kier molecular flexibility index (Phi) is 5.58. The van der Waals surface area contributed by atoms with Crippen molar-refractivity contribution in [1.29, 1.82) is 0 Å². The molecule has 1 heterocycles. The number of hydrogen-bond acceptors (Lipinski definition) is 4. The number of benzene rings is 2. The highest BCUT2D eigenvalue weighted by Gasteiger charge is 2.36. The van der Waals surface area contributed by atoms with Gasteiger partial charge in [-0.05, 0) is 50.2 Å². The van der Waals surface area contributed by atoms with Gasteiger partial charge >= 0.3 is 6.18 Å². The van der Waals surface area contributed by atoms with Crippen LogP contribution >= 0.6 is 0 Å². The molecule has 0 aromatic heterocycles. The number of rotatable bonds is 5. The van der Waals surface area contributed by atoms with Crippen molar-refractivity contribution in [3.8, 4) is 5.75 Å². The average molecular weight is 414 g/mol. The second kappa shape index (κ2) is 7.63. The molecule has 1 N–H and O–H groups in total.